The first-order valence-electron chi connectivity index (χ1n) is 9.11. The molecule has 0 aliphatic carbocycles. The largest absolute Gasteiger partial charge is 0.489 e. The van der Waals surface area contributed by atoms with Gasteiger partial charge in [-0.3, -0.25) is 4.79 Å². The van der Waals surface area contributed by atoms with E-state index in [-0.39, 0.29) is 5.91 Å². The summed E-state index contributed by atoms with van der Waals surface area (Å²) in [4.78, 5) is 14.4. The average Bonchev–Trinajstić information content (AvgIpc) is 2.73. The van der Waals surface area contributed by atoms with Crippen molar-refractivity contribution in [3.63, 3.8) is 0 Å². The maximum atomic E-state index is 12.7. The summed E-state index contributed by atoms with van der Waals surface area (Å²) in [6, 6.07) is 16.9. The standard InChI is InChI=1S/C20H25N3O4S/c1-21(2)28(25,26)23-14-12-22(13-15-23)20(24)18-8-10-19(11-9-18)27-16-17-6-4-3-5-7-17/h3-11H,12-16H2,1-2H3. The van der Waals surface area contributed by atoms with E-state index in [2.05, 4.69) is 0 Å². The molecule has 1 saturated heterocycles. The minimum absolute atomic E-state index is 0.100. The van der Waals surface area contributed by atoms with Crippen LogP contribution in [0.5, 0.6) is 5.75 Å². The number of hydrogen-bond acceptors (Lipinski definition) is 4. The molecule has 8 heteroatoms. The third kappa shape index (κ3) is 4.70. The van der Waals surface area contributed by atoms with Gasteiger partial charge in [-0.25, -0.2) is 0 Å². The molecule has 28 heavy (non-hydrogen) atoms. The third-order valence-corrected chi connectivity index (χ3v) is 6.60. The van der Waals surface area contributed by atoms with E-state index < -0.39 is 10.2 Å². The highest BCUT2D eigenvalue weighted by Crippen LogP contribution is 2.17. The molecule has 7 nitrogen and oxygen atoms in total. The van der Waals surface area contributed by atoms with E-state index in [1.54, 1.807) is 29.2 Å². The van der Waals surface area contributed by atoms with E-state index in [0.717, 1.165) is 5.56 Å². The molecule has 2 aromatic rings. The van der Waals surface area contributed by atoms with Gasteiger partial charge in [0.15, 0.2) is 0 Å². The SMILES string of the molecule is CN(C)S(=O)(=O)N1CCN(C(=O)c2ccc(OCc3ccccc3)cc2)CC1. The molecule has 0 N–H and O–H groups in total. The molecule has 1 amide bonds. The second-order valence-corrected chi connectivity index (χ2v) is 8.92. The number of rotatable bonds is 6. The minimum Gasteiger partial charge on any atom is -0.489 e. The molecule has 3 rings (SSSR count). The highest BCUT2D eigenvalue weighted by molar-refractivity contribution is 7.86. The number of amides is 1. The normalized spacial score (nSPS) is 15.6. The summed E-state index contributed by atoms with van der Waals surface area (Å²) in [6.07, 6.45) is 0. The summed E-state index contributed by atoms with van der Waals surface area (Å²) in [5.41, 5.74) is 1.64. The van der Waals surface area contributed by atoms with E-state index in [1.807, 2.05) is 30.3 Å². The number of nitrogens with zero attached hydrogens (tertiary/aromatic N) is 3. The van der Waals surface area contributed by atoms with Gasteiger partial charge in [-0.15, -0.1) is 0 Å². The molecule has 0 saturated carbocycles. The van der Waals surface area contributed by atoms with Gasteiger partial charge in [0.2, 0.25) is 0 Å². The van der Waals surface area contributed by atoms with Crippen molar-refractivity contribution in [2.75, 3.05) is 40.3 Å². The number of piperazine rings is 1. The smallest absolute Gasteiger partial charge is 0.281 e. The highest BCUT2D eigenvalue weighted by Gasteiger charge is 2.30. The molecule has 0 spiro atoms. The van der Waals surface area contributed by atoms with Crippen molar-refractivity contribution in [3.05, 3.63) is 65.7 Å². The van der Waals surface area contributed by atoms with Crippen molar-refractivity contribution in [2.24, 2.45) is 0 Å². The van der Waals surface area contributed by atoms with Gasteiger partial charge in [-0.2, -0.15) is 17.0 Å². The van der Waals surface area contributed by atoms with Crippen molar-refractivity contribution < 1.29 is 17.9 Å². The minimum atomic E-state index is -3.44. The Hall–Kier alpha value is -2.42. The molecule has 1 heterocycles. The van der Waals surface area contributed by atoms with Crippen LogP contribution in [0.3, 0.4) is 0 Å². The van der Waals surface area contributed by atoms with Crippen LogP contribution in [0.2, 0.25) is 0 Å². The molecule has 0 atom stereocenters. The number of hydrogen-bond donors (Lipinski definition) is 0. The van der Waals surface area contributed by atoms with Gasteiger partial charge in [-0.1, -0.05) is 30.3 Å². The predicted octanol–water partition coefficient (Wildman–Crippen LogP) is 1.83. The average molecular weight is 404 g/mol. The number of ether oxygens (including phenoxy) is 1. The molecular weight excluding hydrogens is 378 g/mol. The third-order valence-electron chi connectivity index (χ3n) is 4.66. The van der Waals surface area contributed by atoms with Crippen LogP contribution < -0.4 is 4.74 Å². The van der Waals surface area contributed by atoms with E-state index >= 15 is 0 Å². The van der Waals surface area contributed by atoms with Crippen LogP contribution in [0.25, 0.3) is 0 Å². The van der Waals surface area contributed by atoms with Gasteiger partial charge >= 0.3 is 0 Å². The first kappa shape index (κ1) is 20.3. The van der Waals surface area contributed by atoms with Crippen LogP contribution in [-0.2, 0) is 16.8 Å². The van der Waals surface area contributed by atoms with Crippen molar-refractivity contribution in [1.82, 2.24) is 13.5 Å². The summed E-state index contributed by atoms with van der Waals surface area (Å²) in [6.45, 7) is 1.81. The van der Waals surface area contributed by atoms with E-state index in [9.17, 15) is 13.2 Å². The Labute approximate surface area is 166 Å². The van der Waals surface area contributed by atoms with E-state index in [4.69, 9.17) is 4.74 Å². The van der Waals surface area contributed by atoms with Crippen LogP contribution in [0.4, 0.5) is 0 Å². The van der Waals surface area contributed by atoms with Crippen molar-refractivity contribution in [3.8, 4) is 5.75 Å². The van der Waals surface area contributed by atoms with E-state index in [0.29, 0.717) is 44.1 Å². The zero-order chi connectivity index (χ0) is 20.1. The molecule has 1 aliphatic rings. The van der Waals surface area contributed by atoms with Crippen LogP contribution >= 0.6 is 0 Å². The second-order valence-electron chi connectivity index (χ2n) is 6.78. The van der Waals surface area contributed by atoms with Gasteiger partial charge in [0.25, 0.3) is 16.1 Å². The van der Waals surface area contributed by atoms with Crippen molar-refractivity contribution >= 4 is 16.1 Å². The van der Waals surface area contributed by atoms with Gasteiger partial charge in [0, 0.05) is 45.8 Å². The Morgan fingerprint density at radius 1 is 0.964 bits per heavy atom. The lowest BCUT2D eigenvalue weighted by Crippen LogP contribution is -2.53. The monoisotopic (exact) mass is 403 g/mol. The number of carbonyl (C=O) groups is 1. The highest BCUT2D eigenvalue weighted by atomic mass is 32.2. The zero-order valence-electron chi connectivity index (χ0n) is 16.1. The molecule has 150 valence electrons. The molecule has 1 fully saturated rings. The Bertz CT molecular complexity index is 891. The lowest BCUT2D eigenvalue weighted by atomic mass is 10.1. The fraction of sp³-hybridized carbons (Fsp3) is 0.350. The van der Waals surface area contributed by atoms with Gasteiger partial charge < -0.3 is 9.64 Å². The molecule has 0 unspecified atom stereocenters. The Kier molecular flexibility index (Phi) is 6.33. The lowest BCUT2D eigenvalue weighted by molar-refractivity contribution is 0.0695. The van der Waals surface area contributed by atoms with Crippen LogP contribution in [-0.4, -0.2) is 68.1 Å². The molecular formula is C20H25N3O4S. The molecule has 0 bridgehead atoms. The number of benzene rings is 2. The van der Waals surface area contributed by atoms with Crippen LogP contribution in [0.1, 0.15) is 15.9 Å². The molecule has 0 radical (unpaired) electrons. The lowest BCUT2D eigenvalue weighted by Gasteiger charge is -2.35. The predicted molar refractivity (Wildman–Crippen MR) is 107 cm³/mol. The second kappa shape index (κ2) is 8.72. The maximum absolute atomic E-state index is 12.7. The summed E-state index contributed by atoms with van der Waals surface area (Å²) in [5, 5.41) is 0. The van der Waals surface area contributed by atoms with Crippen molar-refractivity contribution in [2.45, 2.75) is 6.61 Å². The van der Waals surface area contributed by atoms with Gasteiger partial charge in [0.05, 0.1) is 0 Å². The summed E-state index contributed by atoms with van der Waals surface area (Å²) >= 11 is 0. The Balaban J connectivity index is 1.55. The molecule has 0 aromatic heterocycles. The Morgan fingerprint density at radius 2 is 1.57 bits per heavy atom. The van der Waals surface area contributed by atoms with Crippen LogP contribution in [0.15, 0.2) is 54.6 Å². The van der Waals surface area contributed by atoms with Gasteiger partial charge in [0.1, 0.15) is 12.4 Å². The fourth-order valence-electron chi connectivity index (χ4n) is 2.97. The first-order valence-corrected chi connectivity index (χ1v) is 10.5. The molecule has 2 aromatic carbocycles. The quantitative estimate of drug-likeness (QED) is 0.738. The topological polar surface area (TPSA) is 70.2 Å². The summed E-state index contributed by atoms with van der Waals surface area (Å²) in [7, 11) is -0.420. The maximum Gasteiger partial charge on any atom is 0.281 e. The summed E-state index contributed by atoms with van der Waals surface area (Å²) in [5.74, 6) is 0.596. The number of carbonyl (C=O) groups excluding carboxylic acids is 1. The van der Waals surface area contributed by atoms with Crippen molar-refractivity contribution in [1.29, 1.82) is 0 Å². The molecule has 1 aliphatic heterocycles. The summed E-state index contributed by atoms with van der Waals surface area (Å²) < 4.78 is 32.7. The Morgan fingerprint density at radius 3 is 2.14 bits per heavy atom. The van der Waals surface area contributed by atoms with E-state index in [1.165, 1.54) is 22.7 Å². The zero-order valence-corrected chi connectivity index (χ0v) is 16.9. The van der Waals surface area contributed by atoms with Crippen LogP contribution in [0, 0.1) is 0 Å². The first-order chi connectivity index (χ1) is 13.4. The fourth-order valence-corrected chi connectivity index (χ4v) is 4.06. The van der Waals surface area contributed by atoms with Gasteiger partial charge in [-0.05, 0) is 29.8 Å².